The van der Waals surface area contributed by atoms with Crippen molar-refractivity contribution in [3.05, 3.63) is 35.2 Å². The van der Waals surface area contributed by atoms with Gasteiger partial charge in [-0.1, -0.05) is 18.2 Å². The predicted octanol–water partition coefficient (Wildman–Crippen LogP) is 3.07. The van der Waals surface area contributed by atoms with E-state index in [0.29, 0.717) is 6.04 Å². The monoisotopic (exact) mass is 249 g/mol. The topological polar surface area (TPSA) is 21.3 Å². The lowest BCUT2D eigenvalue weighted by molar-refractivity contribution is 0.166. The van der Waals surface area contributed by atoms with E-state index in [0.717, 1.165) is 19.4 Å². The molecule has 1 unspecified atom stereocenters. The molecule has 1 atom stereocenters. The van der Waals surface area contributed by atoms with E-state index in [1.807, 2.05) is 18.4 Å². The molecule has 0 radical (unpaired) electrons. The van der Waals surface area contributed by atoms with E-state index in [-0.39, 0.29) is 0 Å². The van der Waals surface area contributed by atoms with Gasteiger partial charge < -0.3 is 10.1 Å². The Balaban J connectivity index is 2.03. The maximum absolute atomic E-state index is 5.19. The van der Waals surface area contributed by atoms with E-state index in [1.54, 1.807) is 7.11 Å². The lowest BCUT2D eigenvalue weighted by Gasteiger charge is -2.14. The first-order valence-corrected chi connectivity index (χ1v) is 6.84. The summed E-state index contributed by atoms with van der Waals surface area (Å²) in [7, 11) is 3.75. The van der Waals surface area contributed by atoms with Crippen LogP contribution in [0.25, 0.3) is 10.1 Å². The normalized spacial score (nSPS) is 13.1. The minimum absolute atomic E-state index is 0.443. The zero-order valence-corrected chi connectivity index (χ0v) is 11.2. The van der Waals surface area contributed by atoms with Crippen LogP contribution < -0.4 is 5.32 Å². The molecule has 1 aromatic heterocycles. The molecule has 2 aromatic rings. The van der Waals surface area contributed by atoms with Crippen LogP contribution in [0.5, 0.6) is 0 Å². The van der Waals surface area contributed by atoms with Crippen molar-refractivity contribution in [3.63, 3.8) is 0 Å². The van der Waals surface area contributed by atoms with Crippen molar-refractivity contribution in [2.75, 3.05) is 20.8 Å². The van der Waals surface area contributed by atoms with Crippen molar-refractivity contribution in [3.8, 4) is 0 Å². The molecule has 0 fully saturated rings. The molecule has 92 valence electrons. The number of hydrogen-bond donors (Lipinski definition) is 1. The number of ether oxygens (including phenoxy) is 1. The van der Waals surface area contributed by atoms with Crippen LogP contribution in [0.15, 0.2) is 29.6 Å². The number of nitrogens with one attached hydrogen (secondary N) is 1. The summed E-state index contributed by atoms with van der Waals surface area (Å²) in [5, 5.41) is 6.98. The Kier molecular flexibility index (Phi) is 4.54. The minimum Gasteiger partial charge on any atom is -0.383 e. The molecule has 17 heavy (non-hydrogen) atoms. The summed E-state index contributed by atoms with van der Waals surface area (Å²) >= 11 is 1.83. The number of rotatable bonds is 6. The molecule has 1 heterocycles. The number of methoxy groups -OCH3 is 1. The molecule has 1 aromatic carbocycles. The highest BCUT2D eigenvalue weighted by molar-refractivity contribution is 7.17. The van der Waals surface area contributed by atoms with Crippen LogP contribution >= 0.6 is 11.3 Å². The Hall–Kier alpha value is -0.900. The highest BCUT2D eigenvalue weighted by Gasteiger charge is 2.08. The van der Waals surface area contributed by atoms with Crippen molar-refractivity contribution < 1.29 is 4.74 Å². The molecule has 0 bridgehead atoms. The predicted molar refractivity (Wildman–Crippen MR) is 74.9 cm³/mol. The van der Waals surface area contributed by atoms with E-state index in [4.69, 9.17) is 4.74 Å². The second-order valence-corrected chi connectivity index (χ2v) is 5.15. The summed E-state index contributed by atoms with van der Waals surface area (Å²) in [5.74, 6) is 0. The zero-order valence-electron chi connectivity index (χ0n) is 10.4. The van der Waals surface area contributed by atoms with Gasteiger partial charge in [0.1, 0.15) is 0 Å². The fraction of sp³-hybridized carbons (Fsp3) is 0.429. The van der Waals surface area contributed by atoms with Crippen molar-refractivity contribution >= 4 is 21.4 Å². The third-order valence-electron chi connectivity index (χ3n) is 3.10. The molecule has 2 rings (SSSR count). The van der Waals surface area contributed by atoms with Gasteiger partial charge in [0.2, 0.25) is 0 Å². The quantitative estimate of drug-likeness (QED) is 0.849. The average Bonchev–Trinajstić information content (AvgIpc) is 2.78. The molecule has 3 heteroatoms. The molecule has 0 spiro atoms. The molecular formula is C14H19NOS. The van der Waals surface area contributed by atoms with Gasteiger partial charge in [-0.05, 0) is 42.3 Å². The largest absolute Gasteiger partial charge is 0.383 e. The summed E-state index contributed by atoms with van der Waals surface area (Å²) in [4.78, 5) is 0. The summed E-state index contributed by atoms with van der Waals surface area (Å²) in [5.41, 5.74) is 1.46. The van der Waals surface area contributed by atoms with Crippen LogP contribution in [0.4, 0.5) is 0 Å². The van der Waals surface area contributed by atoms with Gasteiger partial charge in [0.25, 0.3) is 0 Å². The molecule has 0 saturated heterocycles. The maximum Gasteiger partial charge on any atom is 0.0615 e. The van der Waals surface area contributed by atoms with E-state index >= 15 is 0 Å². The standard InChI is InChI=1S/C14H19NOS/c1-15-12(9-16-2)8-7-11-10-17-14-6-4-3-5-13(11)14/h3-6,10,12,15H,7-9H2,1-2H3. The van der Waals surface area contributed by atoms with Crippen LogP contribution in [0.3, 0.4) is 0 Å². The van der Waals surface area contributed by atoms with Gasteiger partial charge in [0.15, 0.2) is 0 Å². The lowest BCUT2D eigenvalue weighted by Crippen LogP contribution is -2.30. The van der Waals surface area contributed by atoms with Gasteiger partial charge in [-0.15, -0.1) is 11.3 Å². The Labute approximate surface area is 107 Å². The van der Waals surface area contributed by atoms with Gasteiger partial charge in [0.05, 0.1) is 6.61 Å². The number of aryl methyl sites for hydroxylation is 1. The highest BCUT2D eigenvalue weighted by Crippen LogP contribution is 2.26. The molecule has 2 nitrogen and oxygen atoms in total. The van der Waals surface area contributed by atoms with Gasteiger partial charge in [-0.2, -0.15) is 0 Å². The smallest absolute Gasteiger partial charge is 0.0615 e. The van der Waals surface area contributed by atoms with Gasteiger partial charge in [-0.25, -0.2) is 0 Å². The molecule has 0 aliphatic carbocycles. The van der Waals surface area contributed by atoms with Crippen LogP contribution in [-0.2, 0) is 11.2 Å². The molecule has 0 aliphatic rings. The van der Waals surface area contributed by atoms with Crippen molar-refractivity contribution in [2.45, 2.75) is 18.9 Å². The van der Waals surface area contributed by atoms with E-state index in [1.165, 1.54) is 15.6 Å². The van der Waals surface area contributed by atoms with Crippen LogP contribution in [-0.4, -0.2) is 26.8 Å². The SMILES string of the molecule is CNC(CCc1csc2ccccc12)COC. The highest BCUT2D eigenvalue weighted by atomic mass is 32.1. The number of benzene rings is 1. The Morgan fingerprint density at radius 1 is 1.35 bits per heavy atom. The molecule has 0 saturated carbocycles. The van der Waals surface area contributed by atoms with Crippen molar-refractivity contribution in [1.29, 1.82) is 0 Å². The van der Waals surface area contributed by atoms with E-state index in [2.05, 4.69) is 35.0 Å². The molecule has 0 aliphatic heterocycles. The van der Waals surface area contributed by atoms with Crippen LogP contribution in [0.1, 0.15) is 12.0 Å². The summed E-state index contributed by atoms with van der Waals surface area (Å²) in [6, 6.07) is 9.06. The molecular weight excluding hydrogens is 230 g/mol. The molecule has 0 amide bonds. The zero-order chi connectivity index (χ0) is 12.1. The number of hydrogen-bond acceptors (Lipinski definition) is 3. The minimum atomic E-state index is 0.443. The second-order valence-electron chi connectivity index (χ2n) is 4.24. The lowest BCUT2D eigenvalue weighted by atomic mass is 10.0. The second kappa shape index (κ2) is 6.15. The Morgan fingerprint density at radius 2 is 2.18 bits per heavy atom. The Morgan fingerprint density at radius 3 is 2.94 bits per heavy atom. The summed E-state index contributed by atoms with van der Waals surface area (Å²) in [6.07, 6.45) is 2.23. The average molecular weight is 249 g/mol. The van der Waals surface area contributed by atoms with Crippen molar-refractivity contribution in [2.24, 2.45) is 0 Å². The number of thiophene rings is 1. The van der Waals surface area contributed by atoms with E-state index < -0.39 is 0 Å². The number of likely N-dealkylation sites (N-methyl/N-ethyl adjacent to an activating group) is 1. The van der Waals surface area contributed by atoms with Crippen LogP contribution in [0.2, 0.25) is 0 Å². The first-order chi connectivity index (χ1) is 8.35. The summed E-state index contributed by atoms with van der Waals surface area (Å²) < 4.78 is 6.58. The van der Waals surface area contributed by atoms with Crippen LogP contribution in [0, 0.1) is 0 Å². The summed E-state index contributed by atoms with van der Waals surface area (Å²) in [6.45, 7) is 0.776. The van der Waals surface area contributed by atoms with Gasteiger partial charge >= 0.3 is 0 Å². The molecule has 1 N–H and O–H groups in total. The number of fused-ring (bicyclic) bond motifs is 1. The maximum atomic E-state index is 5.19. The Bertz CT molecular complexity index is 466. The first-order valence-electron chi connectivity index (χ1n) is 5.96. The van der Waals surface area contributed by atoms with Gasteiger partial charge in [-0.3, -0.25) is 0 Å². The third-order valence-corrected chi connectivity index (χ3v) is 4.11. The van der Waals surface area contributed by atoms with Crippen molar-refractivity contribution in [1.82, 2.24) is 5.32 Å². The fourth-order valence-electron chi connectivity index (χ4n) is 2.07. The van der Waals surface area contributed by atoms with Gasteiger partial charge in [0, 0.05) is 17.9 Å². The third kappa shape index (κ3) is 3.06. The fourth-order valence-corrected chi connectivity index (χ4v) is 3.07. The first kappa shape index (κ1) is 12.6. The van der Waals surface area contributed by atoms with E-state index in [9.17, 15) is 0 Å².